The van der Waals surface area contributed by atoms with Crippen LogP contribution in [-0.4, -0.2) is 89.2 Å². The van der Waals surface area contributed by atoms with Crippen molar-refractivity contribution in [1.29, 1.82) is 0 Å². The summed E-state index contributed by atoms with van der Waals surface area (Å²) in [6.45, 7) is 0. The van der Waals surface area contributed by atoms with Gasteiger partial charge in [-0.05, 0) is 0 Å². The molecule has 0 saturated heterocycles. The van der Waals surface area contributed by atoms with Gasteiger partial charge in [0.2, 0.25) is 10.8 Å². The summed E-state index contributed by atoms with van der Waals surface area (Å²) in [6.07, 6.45) is -18.8. The SMILES string of the molecule is O=C(C1(C(F)(F)C(F)(F)F)C(F)(F)C(F)(F)C(F)(F)C(F)(F)C1(F)F)C1(C(F)(F)C(F)(F)F)C(F)(F)C(F)(F)C(F)(F)C(F)(F)C1(F)F. The van der Waals surface area contributed by atoms with Crippen LogP contribution in [0.4, 0.5) is 132 Å². The van der Waals surface area contributed by atoms with Gasteiger partial charge < -0.3 is 0 Å². The van der Waals surface area contributed by atoms with Crippen LogP contribution < -0.4 is 0 Å². The highest BCUT2D eigenvalue weighted by molar-refractivity contribution is 5.98. The fourth-order valence-corrected chi connectivity index (χ4v) is 4.87. The number of carbonyl (C=O) groups excluding carboxylic acids is 1. The van der Waals surface area contributed by atoms with E-state index in [0.29, 0.717) is 0 Å². The normalized spacial score (nSPS) is 30.3. The van der Waals surface area contributed by atoms with Gasteiger partial charge in [0.15, 0.2) is 5.78 Å². The number of hydrogen-bond donors (Lipinski definition) is 0. The summed E-state index contributed by atoms with van der Waals surface area (Å²) < 4.78 is 422. The summed E-state index contributed by atoms with van der Waals surface area (Å²) in [5.41, 5.74) is -21.4. The molecular formula is C17F30O. The van der Waals surface area contributed by atoms with Gasteiger partial charge in [0.1, 0.15) is 0 Å². The van der Waals surface area contributed by atoms with E-state index < -0.39 is 100 Å². The van der Waals surface area contributed by atoms with Gasteiger partial charge in [-0.15, -0.1) is 0 Å². The molecule has 31 heteroatoms. The Balaban J connectivity index is 3.80. The van der Waals surface area contributed by atoms with Crippen LogP contribution in [0.5, 0.6) is 0 Å². The maximum atomic E-state index is 14.8. The van der Waals surface area contributed by atoms with Crippen LogP contribution in [0.3, 0.4) is 0 Å². The van der Waals surface area contributed by atoms with Crippen LogP contribution >= 0.6 is 0 Å². The summed E-state index contributed by atoms with van der Waals surface area (Å²) in [5.74, 6) is -126. The van der Waals surface area contributed by atoms with Crippen LogP contribution in [0, 0.1) is 10.8 Å². The molecule has 0 aromatic heterocycles. The van der Waals surface area contributed by atoms with Crippen LogP contribution in [0.1, 0.15) is 0 Å². The molecule has 284 valence electrons. The maximum absolute atomic E-state index is 14.8. The Kier molecular flexibility index (Phi) is 7.89. The van der Waals surface area contributed by atoms with Crippen molar-refractivity contribution in [2.24, 2.45) is 10.8 Å². The fourth-order valence-electron chi connectivity index (χ4n) is 4.87. The predicted molar refractivity (Wildman–Crippen MR) is 81.3 cm³/mol. The molecule has 0 aromatic carbocycles. The number of carbonyl (C=O) groups is 1. The first-order valence-electron chi connectivity index (χ1n) is 10.4. The Bertz CT molecular complexity index is 1180. The Morgan fingerprint density at radius 2 is 0.396 bits per heavy atom. The van der Waals surface area contributed by atoms with E-state index in [1.807, 2.05) is 0 Å². The lowest BCUT2D eigenvalue weighted by atomic mass is 9.47. The van der Waals surface area contributed by atoms with Crippen molar-refractivity contribution < 1.29 is 137 Å². The highest BCUT2D eigenvalue weighted by Crippen LogP contribution is 2.83. The molecule has 2 aliphatic rings. The zero-order valence-electron chi connectivity index (χ0n) is 20.2. The fraction of sp³-hybridized carbons (Fsp3) is 0.941. The lowest BCUT2D eigenvalue weighted by molar-refractivity contribution is -0.533. The van der Waals surface area contributed by atoms with Crippen LogP contribution in [0.15, 0.2) is 0 Å². The largest absolute Gasteiger partial charge is 0.454 e. The molecule has 0 unspecified atom stereocenters. The number of alkyl halides is 30. The smallest absolute Gasteiger partial charge is 0.297 e. The molecule has 2 aliphatic carbocycles. The third kappa shape index (κ3) is 3.35. The van der Waals surface area contributed by atoms with Gasteiger partial charge in [-0.1, -0.05) is 0 Å². The lowest BCUT2D eigenvalue weighted by Crippen LogP contribution is -2.94. The molecule has 2 rings (SSSR count). The molecule has 48 heavy (non-hydrogen) atoms. The third-order valence-corrected chi connectivity index (χ3v) is 7.37. The van der Waals surface area contributed by atoms with Gasteiger partial charge in [0, 0.05) is 0 Å². The predicted octanol–water partition coefficient (Wildman–Crippen LogP) is 9.30. The van der Waals surface area contributed by atoms with E-state index in [4.69, 9.17) is 0 Å². The molecule has 0 heterocycles. The van der Waals surface area contributed by atoms with Crippen molar-refractivity contribution >= 4 is 5.78 Å². The standard InChI is InChI=1S/C17F30O/c18-4(19)2(8(26,27)16(42,43)44,5(20,21)11(32,33)14(38,39)10(4,30)31)1(48)3(9(28,29)17(45,46)47)6(22,23)12(34,35)15(40,41)13(36,37)7(3,24)25. The van der Waals surface area contributed by atoms with Crippen LogP contribution in [0.25, 0.3) is 0 Å². The van der Waals surface area contributed by atoms with Gasteiger partial charge in [-0.25, -0.2) is 0 Å². The lowest BCUT2D eigenvalue weighted by Gasteiger charge is -2.62. The topological polar surface area (TPSA) is 17.1 Å². The molecule has 0 spiro atoms. The quantitative estimate of drug-likeness (QED) is 0.260. The Morgan fingerprint density at radius 1 is 0.271 bits per heavy atom. The number of hydrogen-bond acceptors (Lipinski definition) is 1. The second-order valence-electron chi connectivity index (χ2n) is 9.72. The molecule has 0 radical (unpaired) electrons. The molecule has 0 atom stereocenters. The highest BCUT2D eigenvalue weighted by Gasteiger charge is 3.14. The summed E-state index contributed by atoms with van der Waals surface area (Å²) in [4.78, 5) is 12.5. The van der Waals surface area contributed by atoms with Crippen molar-refractivity contribution in [1.82, 2.24) is 0 Å². The second-order valence-corrected chi connectivity index (χ2v) is 9.72. The Hall–Kier alpha value is -2.43. The number of halogens is 30. The minimum Gasteiger partial charge on any atom is -0.297 e. The summed E-state index contributed by atoms with van der Waals surface area (Å²) in [7, 11) is 0. The van der Waals surface area contributed by atoms with Crippen LogP contribution in [-0.2, 0) is 4.79 Å². The van der Waals surface area contributed by atoms with Gasteiger partial charge in [0.25, 0.3) is 0 Å². The second kappa shape index (κ2) is 9.07. The van der Waals surface area contributed by atoms with Crippen molar-refractivity contribution in [3.63, 3.8) is 0 Å². The molecular weight excluding hydrogens is 790 g/mol. The van der Waals surface area contributed by atoms with Gasteiger partial charge >= 0.3 is 83.4 Å². The molecule has 2 fully saturated rings. The summed E-state index contributed by atoms with van der Waals surface area (Å²) in [6, 6.07) is 0. The first-order valence-corrected chi connectivity index (χ1v) is 10.4. The minimum absolute atomic E-state index is 7.99. The summed E-state index contributed by atoms with van der Waals surface area (Å²) in [5, 5.41) is 0. The van der Waals surface area contributed by atoms with Gasteiger partial charge in [-0.3, -0.25) is 4.79 Å². The molecule has 0 aliphatic heterocycles. The third-order valence-electron chi connectivity index (χ3n) is 7.37. The Labute approximate surface area is 238 Å². The van der Waals surface area contributed by atoms with E-state index in [0.717, 1.165) is 0 Å². The van der Waals surface area contributed by atoms with E-state index >= 15 is 0 Å². The average molecular weight is 790 g/mol. The summed E-state index contributed by atoms with van der Waals surface area (Å²) >= 11 is 0. The zero-order valence-corrected chi connectivity index (χ0v) is 20.2. The van der Waals surface area contributed by atoms with E-state index in [-0.39, 0.29) is 0 Å². The van der Waals surface area contributed by atoms with Gasteiger partial charge in [0.05, 0.1) is 0 Å². The number of Topliss-reactive ketones (excluding diaryl/α,β-unsaturated/α-hetero) is 1. The van der Waals surface area contributed by atoms with Crippen molar-refractivity contribution in [2.45, 2.75) is 83.4 Å². The average Bonchev–Trinajstić information content (AvgIpc) is 2.80. The molecule has 0 amide bonds. The van der Waals surface area contributed by atoms with Crippen molar-refractivity contribution in [3.8, 4) is 0 Å². The zero-order chi connectivity index (χ0) is 39.6. The Morgan fingerprint density at radius 3 is 0.521 bits per heavy atom. The van der Waals surface area contributed by atoms with E-state index in [9.17, 15) is 137 Å². The van der Waals surface area contributed by atoms with E-state index in [2.05, 4.69) is 0 Å². The van der Waals surface area contributed by atoms with Crippen molar-refractivity contribution in [2.75, 3.05) is 0 Å². The number of ketones is 1. The first-order chi connectivity index (χ1) is 20.2. The van der Waals surface area contributed by atoms with Gasteiger partial charge in [-0.2, -0.15) is 132 Å². The van der Waals surface area contributed by atoms with E-state index in [1.54, 1.807) is 0 Å². The van der Waals surface area contributed by atoms with Crippen LogP contribution in [0.2, 0.25) is 0 Å². The number of rotatable bonds is 4. The van der Waals surface area contributed by atoms with Crippen molar-refractivity contribution in [3.05, 3.63) is 0 Å². The molecule has 2 saturated carbocycles. The first kappa shape index (κ1) is 41.7. The highest BCUT2D eigenvalue weighted by atomic mass is 19.4. The monoisotopic (exact) mass is 790 g/mol. The minimum atomic E-state index is -10.7. The van der Waals surface area contributed by atoms with E-state index in [1.165, 1.54) is 0 Å². The molecule has 0 aromatic rings. The molecule has 0 bridgehead atoms. The molecule has 0 N–H and O–H groups in total. The maximum Gasteiger partial charge on any atom is 0.454 e. The molecule has 1 nitrogen and oxygen atoms in total.